The van der Waals surface area contributed by atoms with Crippen LogP contribution in [0.25, 0.3) is 0 Å². The number of rotatable bonds is 13. The Kier molecular flexibility index (Phi) is 12.8. The van der Waals surface area contributed by atoms with Crippen LogP contribution in [0.3, 0.4) is 0 Å². The van der Waals surface area contributed by atoms with Crippen LogP contribution in [0.1, 0.15) is 107 Å². The smallest absolute Gasteiger partial charge is 0.482 e. The number of esters is 1. The molecule has 14 nitrogen and oxygen atoms in total. The van der Waals surface area contributed by atoms with E-state index in [9.17, 15) is 19.2 Å². The summed E-state index contributed by atoms with van der Waals surface area (Å²) in [4.78, 5) is 55.0. The summed E-state index contributed by atoms with van der Waals surface area (Å²) in [6.45, 7) is 17.6. The van der Waals surface area contributed by atoms with Crippen LogP contribution in [0.4, 0.5) is 10.5 Å². The summed E-state index contributed by atoms with van der Waals surface area (Å²) in [6.07, 6.45) is 1.30. The Labute approximate surface area is 337 Å². The van der Waals surface area contributed by atoms with Crippen LogP contribution in [0.15, 0.2) is 36.4 Å². The predicted molar refractivity (Wildman–Crippen MR) is 218 cm³/mol. The molecule has 2 bridgehead atoms. The maximum atomic E-state index is 14.3. The van der Waals surface area contributed by atoms with E-state index in [2.05, 4.69) is 36.7 Å². The number of nitrogens with zero attached hydrogens (tertiary/aromatic N) is 1. The zero-order valence-corrected chi connectivity index (χ0v) is 35.7. The molecule has 312 valence electrons. The average molecular weight is 792 g/mol. The molecule has 57 heavy (non-hydrogen) atoms. The highest BCUT2D eigenvalue weighted by atomic mass is 16.7. The standard InChI is InChI=1S/C42H62BN5O9/c1-39(2,3)54-37(51)28-15-13-14-24(34(28)53-12)19-33(43-56-32-21-27-20-31(41(27,7)8)42(32,9)57-43)47-35(49)25-16-17-26(23-48(10)11)30(18-25)46-36(50)29(44)22-45-38(52)55-40(4,5)6/h13-18,27,29,31-33H,19-23,44H2,1-12H3,(H,45,52)(H,46,50)(H,47,49)/t27?,29?,31?,32?,33-,42?/m0/s1. The van der Waals surface area contributed by atoms with Crippen molar-refractivity contribution in [2.75, 3.05) is 33.1 Å². The van der Waals surface area contributed by atoms with Crippen LogP contribution in [-0.4, -0.2) is 98.5 Å². The highest BCUT2D eigenvalue weighted by Gasteiger charge is 2.68. The van der Waals surface area contributed by atoms with Gasteiger partial charge < -0.3 is 50.1 Å². The van der Waals surface area contributed by atoms with Crippen molar-refractivity contribution in [1.29, 1.82) is 0 Å². The minimum Gasteiger partial charge on any atom is -0.496 e. The van der Waals surface area contributed by atoms with E-state index < -0.39 is 59.8 Å². The molecule has 3 saturated carbocycles. The molecule has 6 rings (SSSR count). The van der Waals surface area contributed by atoms with Crippen molar-refractivity contribution in [3.8, 4) is 5.75 Å². The molecular weight excluding hydrogens is 729 g/mol. The second-order valence-corrected chi connectivity index (χ2v) is 18.7. The summed E-state index contributed by atoms with van der Waals surface area (Å²) in [5, 5.41) is 8.58. The van der Waals surface area contributed by atoms with E-state index >= 15 is 0 Å². The molecule has 2 aromatic carbocycles. The Balaban J connectivity index is 1.42. The molecule has 2 aromatic rings. The first-order valence-electron chi connectivity index (χ1n) is 19.8. The average Bonchev–Trinajstić information content (AvgIpc) is 3.46. The lowest BCUT2D eigenvalue weighted by atomic mass is 9.43. The van der Waals surface area contributed by atoms with Crippen LogP contribution < -0.4 is 26.4 Å². The van der Waals surface area contributed by atoms with Crippen molar-refractivity contribution >= 4 is 36.7 Å². The first-order chi connectivity index (χ1) is 26.4. The molecule has 1 saturated heterocycles. The fourth-order valence-electron chi connectivity index (χ4n) is 8.39. The topological polar surface area (TPSA) is 180 Å². The summed E-state index contributed by atoms with van der Waals surface area (Å²) in [5.74, 6) is -1.06. The quantitative estimate of drug-likeness (QED) is 0.157. The summed E-state index contributed by atoms with van der Waals surface area (Å²) in [5.41, 5.74) is 6.65. The normalized spacial score (nSPS) is 23.4. The molecule has 5 N–H and O–H groups in total. The van der Waals surface area contributed by atoms with Crippen molar-refractivity contribution in [3.63, 3.8) is 0 Å². The fraction of sp³-hybridized carbons (Fsp3) is 0.619. The van der Waals surface area contributed by atoms with Crippen molar-refractivity contribution in [2.24, 2.45) is 23.0 Å². The van der Waals surface area contributed by atoms with Crippen LogP contribution in [0, 0.1) is 17.3 Å². The molecular formula is C42H62BN5O9. The van der Waals surface area contributed by atoms with Crippen molar-refractivity contribution in [3.05, 3.63) is 58.7 Å². The monoisotopic (exact) mass is 791 g/mol. The zero-order valence-electron chi connectivity index (χ0n) is 35.7. The van der Waals surface area contributed by atoms with E-state index in [1.807, 2.05) is 25.1 Å². The number of para-hydroxylation sites is 1. The van der Waals surface area contributed by atoms with Gasteiger partial charge >= 0.3 is 19.2 Å². The largest absolute Gasteiger partial charge is 0.496 e. The number of alkyl carbamates (subject to hydrolysis) is 1. The van der Waals surface area contributed by atoms with Crippen LogP contribution in [0.2, 0.25) is 0 Å². The molecule has 0 radical (unpaired) electrons. The lowest BCUT2D eigenvalue weighted by Gasteiger charge is -2.64. The van der Waals surface area contributed by atoms with Gasteiger partial charge in [-0.2, -0.15) is 0 Å². The number of methoxy groups -OCH3 is 1. The Bertz CT molecular complexity index is 1840. The number of nitrogens with one attached hydrogen (secondary N) is 3. The maximum Gasteiger partial charge on any atom is 0.482 e. The summed E-state index contributed by atoms with van der Waals surface area (Å²) in [6, 6.07) is 9.25. The Hall–Kier alpha value is -4.18. The third-order valence-corrected chi connectivity index (χ3v) is 11.3. The molecule has 4 aliphatic rings. The first-order valence-corrected chi connectivity index (χ1v) is 19.8. The molecule has 0 spiro atoms. The van der Waals surface area contributed by atoms with Gasteiger partial charge in [0.2, 0.25) is 5.91 Å². The molecule has 3 aliphatic carbocycles. The Morgan fingerprint density at radius 2 is 1.67 bits per heavy atom. The number of amides is 3. The molecule has 6 atom stereocenters. The van der Waals surface area contributed by atoms with E-state index in [1.165, 1.54) is 7.11 Å². The van der Waals surface area contributed by atoms with Gasteiger partial charge in [0, 0.05) is 24.3 Å². The number of hydrogen-bond donors (Lipinski definition) is 4. The van der Waals surface area contributed by atoms with Gasteiger partial charge in [0.1, 0.15) is 28.6 Å². The van der Waals surface area contributed by atoms with E-state index in [0.717, 1.165) is 18.4 Å². The fourth-order valence-corrected chi connectivity index (χ4v) is 8.39. The molecule has 4 fully saturated rings. The summed E-state index contributed by atoms with van der Waals surface area (Å²) in [7, 11) is 4.48. The Morgan fingerprint density at radius 3 is 2.28 bits per heavy atom. The molecule has 1 heterocycles. The molecule has 1 aliphatic heterocycles. The van der Waals surface area contributed by atoms with E-state index in [1.54, 1.807) is 71.9 Å². The van der Waals surface area contributed by atoms with E-state index in [0.29, 0.717) is 35.4 Å². The van der Waals surface area contributed by atoms with Gasteiger partial charge in [-0.3, -0.25) is 9.59 Å². The van der Waals surface area contributed by atoms with E-state index in [-0.39, 0.29) is 35.6 Å². The number of carbonyl (C=O) groups is 4. The zero-order chi connectivity index (χ0) is 42.2. The van der Waals surface area contributed by atoms with Crippen molar-refractivity contribution in [2.45, 2.75) is 123 Å². The lowest BCUT2D eigenvalue weighted by Crippen LogP contribution is -2.65. The minimum atomic E-state index is -1.10. The number of ether oxygens (including phenoxy) is 3. The number of anilines is 1. The Morgan fingerprint density at radius 1 is 0.982 bits per heavy atom. The molecule has 0 aromatic heterocycles. The number of nitrogens with two attached hydrogens (primary N) is 1. The predicted octanol–water partition coefficient (Wildman–Crippen LogP) is 5.11. The van der Waals surface area contributed by atoms with E-state index in [4.69, 9.17) is 29.3 Å². The highest BCUT2D eigenvalue weighted by molar-refractivity contribution is 6.48. The van der Waals surface area contributed by atoms with Gasteiger partial charge in [-0.15, -0.1) is 0 Å². The lowest BCUT2D eigenvalue weighted by molar-refractivity contribution is -0.199. The molecule has 3 amide bonds. The number of carbonyl (C=O) groups excluding carboxylic acids is 4. The third kappa shape index (κ3) is 10.1. The van der Waals surface area contributed by atoms with Gasteiger partial charge in [0.15, 0.2) is 0 Å². The second-order valence-electron chi connectivity index (χ2n) is 18.7. The highest BCUT2D eigenvalue weighted by Crippen LogP contribution is 2.65. The maximum absolute atomic E-state index is 14.3. The van der Waals surface area contributed by atoms with Gasteiger partial charge in [0.05, 0.1) is 24.8 Å². The van der Waals surface area contributed by atoms with Crippen molar-refractivity contribution < 1.29 is 42.7 Å². The van der Waals surface area contributed by atoms with Gasteiger partial charge in [-0.25, -0.2) is 9.59 Å². The molecule has 5 unspecified atom stereocenters. The number of benzene rings is 2. The van der Waals surface area contributed by atoms with Crippen molar-refractivity contribution in [1.82, 2.24) is 15.5 Å². The minimum absolute atomic E-state index is 0.108. The summed E-state index contributed by atoms with van der Waals surface area (Å²) >= 11 is 0. The van der Waals surface area contributed by atoms with Crippen LogP contribution in [0.5, 0.6) is 5.75 Å². The van der Waals surface area contributed by atoms with Gasteiger partial charge in [0.25, 0.3) is 5.91 Å². The molecule has 15 heteroatoms. The SMILES string of the molecule is COc1c(C[C@H](NC(=O)c2ccc(CN(C)C)c(NC(=O)C(N)CNC(=O)OC(C)(C)C)c2)B2OC3CC4CC(C4(C)C)C3(C)O2)cccc1C(=O)OC(C)(C)C. The van der Waals surface area contributed by atoms with Crippen LogP contribution >= 0.6 is 0 Å². The summed E-state index contributed by atoms with van der Waals surface area (Å²) < 4.78 is 30.3. The number of hydrogen-bond acceptors (Lipinski definition) is 11. The van der Waals surface area contributed by atoms with Gasteiger partial charge in [-0.1, -0.05) is 32.0 Å². The van der Waals surface area contributed by atoms with Crippen LogP contribution in [-0.2, 0) is 36.5 Å². The first kappa shape index (κ1) is 43.9. The van der Waals surface area contributed by atoms with Gasteiger partial charge in [-0.05, 0) is 128 Å². The second kappa shape index (κ2) is 16.6. The third-order valence-electron chi connectivity index (χ3n) is 11.3.